The molecule has 0 atom stereocenters. The molecule has 0 radical (unpaired) electrons. The summed E-state index contributed by atoms with van der Waals surface area (Å²) in [4.78, 5) is 0. The van der Waals surface area contributed by atoms with Gasteiger partial charge < -0.3 is 0 Å². The van der Waals surface area contributed by atoms with Crippen LogP contribution >= 0.6 is 0 Å². The first-order valence-corrected chi connectivity index (χ1v) is 5.40. The number of alkyl halides is 3. The van der Waals surface area contributed by atoms with Gasteiger partial charge in [0.15, 0.2) is 0 Å². The molecule has 0 bridgehead atoms. The van der Waals surface area contributed by atoms with E-state index in [-0.39, 0.29) is 5.92 Å². The molecule has 0 unspecified atom stereocenters. The number of hydrogen-bond donors (Lipinski definition) is 0. The van der Waals surface area contributed by atoms with Crippen LogP contribution in [0, 0.1) is 5.92 Å². The summed E-state index contributed by atoms with van der Waals surface area (Å²) in [6, 6.07) is 0. The van der Waals surface area contributed by atoms with Crippen molar-refractivity contribution in [2.24, 2.45) is 5.92 Å². The highest BCUT2D eigenvalue weighted by atomic mass is 19.4. The molecule has 16 heavy (non-hydrogen) atoms. The third-order valence-corrected chi connectivity index (χ3v) is 1.86. The molecule has 0 amide bonds. The van der Waals surface area contributed by atoms with Gasteiger partial charge in [0.1, 0.15) is 0 Å². The summed E-state index contributed by atoms with van der Waals surface area (Å²) in [5, 5.41) is 0. The summed E-state index contributed by atoms with van der Waals surface area (Å²) in [6.07, 6.45) is -0.624. The molecular formula is C13H21F3. The lowest BCUT2D eigenvalue weighted by Crippen LogP contribution is -2.10. The average molecular weight is 234 g/mol. The maximum absolute atomic E-state index is 12.3. The van der Waals surface area contributed by atoms with Crippen molar-refractivity contribution in [2.75, 3.05) is 0 Å². The van der Waals surface area contributed by atoms with Gasteiger partial charge >= 0.3 is 6.18 Å². The summed E-state index contributed by atoms with van der Waals surface area (Å²) >= 11 is 0. The Morgan fingerprint density at radius 2 is 1.62 bits per heavy atom. The second kappa shape index (κ2) is 8.20. The van der Waals surface area contributed by atoms with Gasteiger partial charge in [0.2, 0.25) is 0 Å². The van der Waals surface area contributed by atoms with E-state index in [0.717, 1.165) is 12.2 Å². The van der Waals surface area contributed by atoms with Gasteiger partial charge in [0.05, 0.1) is 5.57 Å². The van der Waals surface area contributed by atoms with E-state index in [4.69, 9.17) is 0 Å². The highest BCUT2D eigenvalue weighted by Crippen LogP contribution is 2.28. The summed E-state index contributed by atoms with van der Waals surface area (Å²) < 4.78 is 37.0. The van der Waals surface area contributed by atoms with Gasteiger partial charge in [-0.05, 0) is 24.5 Å². The van der Waals surface area contributed by atoms with E-state index >= 15 is 0 Å². The Labute approximate surface area is 96.6 Å². The van der Waals surface area contributed by atoms with E-state index in [1.54, 1.807) is 0 Å². The van der Waals surface area contributed by atoms with Crippen molar-refractivity contribution >= 4 is 0 Å². The van der Waals surface area contributed by atoms with Gasteiger partial charge in [0, 0.05) is 0 Å². The molecule has 0 aliphatic heterocycles. The molecule has 0 aromatic heterocycles. The van der Waals surface area contributed by atoms with Crippen LogP contribution in [0.25, 0.3) is 0 Å². The monoisotopic (exact) mass is 234 g/mol. The minimum absolute atomic E-state index is 0.0461. The zero-order valence-corrected chi connectivity index (χ0v) is 10.7. The second-order valence-electron chi connectivity index (χ2n) is 3.24. The van der Waals surface area contributed by atoms with E-state index in [0.29, 0.717) is 5.57 Å². The van der Waals surface area contributed by atoms with Crippen LogP contribution in [0.1, 0.15) is 34.6 Å². The van der Waals surface area contributed by atoms with Gasteiger partial charge in [-0.1, -0.05) is 46.4 Å². The zero-order valence-electron chi connectivity index (χ0n) is 10.7. The molecule has 0 aromatic carbocycles. The Hall–Kier alpha value is -0.990. The molecule has 0 aliphatic carbocycles. The minimum Gasteiger partial charge on any atom is -0.166 e. The molecule has 3 heteroatoms. The predicted molar refractivity (Wildman–Crippen MR) is 64.3 cm³/mol. The van der Waals surface area contributed by atoms with Crippen molar-refractivity contribution in [3.8, 4) is 0 Å². The van der Waals surface area contributed by atoms with Gasteiger partial charge in [0.25, 0.3) is 0 Å². The number of allylic oxidation sites excluding steroid dienone is 5. The fraction of sp³-hybridized carbons (Fsp3) is 0.538. The van der Waals surface area contributed by atoms with E-state index in [1.807, 2.05) is 27.7 Å². The molecule has 0 rings (SSSR count). The van der Waals surface area contributed by atoms with Crippen molar-refractivity contribution in [1.82, 2.24) is 0 Å². The third kappa shape index (κ3) is 6.49. The minimum atomic E-state index is -4.28. The van der Waals surface area contributed by atoms with Crippen LogP contribution in [0.3, 0.4) is 0 Å². The van der Waals surface area contributed by atoms with E-state index < -0.39 is 11.7 Å². The van der Waals surface area contributed by atoms with Gasteiger partial charge in [-0.15, -0.1) is 0 Å². The molecule has 0 heterocycles. The molecule has 0 saturated heterocycles. The standard InChI is InChI=1S/C11H15F3.C2H6/c1-5-9(8(3)4)7-10(6-2)11(12,13)14;1-2/h5-8H,1H2,2-4H3;1-2H3/b9-7+,10-6+;. The molecule has 0 N–H and O–H groups in total. The summed E-state index contributed by atoms with van der Waals surface area (Å²) in [7, 11) is 0. The molecule has 0 saturated carbocycles. The Kier molecular flexibility index (Phi) is 8.92. The first kappa shape index (κ1) is 17.4. The Bertz CT molecular complexity index is 255. The van der Waals surface area contributed by atoms with E-state index in [9.17, 15) is 13.2 Å². The fourth-order valence-corrected chi connectivity index (χ4v) is 0.970. The first-order chi connectivity index (χ1) is 7.32. The highest BCUT2D eigenvalue weighted by Gasteiger charge is 2.31. The van der Waals surface area contributed by atoms with Crippen LogP contribution in [-0.4, -0.2) is 6.18 Å². The molecule has 0 aliphatic rings. The lowest BCUT2D eigenvalue weighted by Gasteiger charge is -2.11. The first-order valence-electron chi connectivity index (χ1n) is 5.40. The van der Waals surface area contributed by atoms with Crippen LogP contribution in [0.2, 0.25) is 0 Å². The average Bonchev–Trinajstić information content (AvgIpc) is 2.20. The number of halogens is 3. The fourth-order valence-electron chi connectivity index (χ4n) is 0.970. The quantitative estimate of drug-likeness (QED) is 0.582. The Morgan fingerprint density at radius 3 is 1.81 bits per heavy atom. The molecule has 0 aromatic rings. The van der Waals surface area contributed by atoms with Crippen LogP contribution in [0.5, 0.6) is 0 Å². The number of rotatable bonds is 3. The van der Waals surface area contributed by atoms with Gasteiger partial charge in [-0.25, -0.2) is 0 Å². The Morgan fingerprint density at radius 1 is 1.19 bits per heavy atom. The van der Waals surface area contributed by atoms with Crippen molar-refractivity contribution in [1.29, 1.82) is 0 Å². The molecular weight excluding hydrogens is 213 g/mol. The zero-order chi connectivity index (χ0) is 13.4. The van der Waals surface area contributed by atoms with E-state index in [1.165, 1.54) is 13.0 Å². The van der Waals surface area contributed by atoms with Gasteiger partial charge in [-0.2, -0.15) is 13.2 Å². The second-order valence-corrected chi connectivity index (χ2v) is 3.24. The molecule has 0 fully saturated rings. The van der Waals surface area contributed by atoms with Crippen LogP contribution in [0.4, 0.5) is 13.2 Å². The van der Waals surface area contributed by atoms with Crippen molar-refractivity contribution in [3.05, 3.63) is 36.0 Å². The van der Waals surface area contributed by atoms with Crippen molar-refractivity contribution in [3.63, 3.8) is 0 Å². The van der Waals surface area contributed by atoms with Gasteiger partial charge in [-0.3, -0.25) is 0 Å². The molecule has 0 spiro atoms. The van der Waals surface area contributed by atoms with Crippen molar-refractivity contribution < 1.29 is 13.2 Å². The normalized spacial score (nSPS) is 13.3. The third-order valence-electron chi connectivity index (χ3n) is 1.86. The smallest absolute Gasteiger partial charge is 0.166 e. The van der Waals surface area contributed by atoms with E-state index in [2.05, 4.69) is 6.58 Å². The van der Waals surface area contributed by atoms with Crippen molar-refractivity contribution in [2.45, 2.75) is 40.8 Å². The molecule has 0 nitrogen and oxygen atoms in total. The maximum Gasteiger partial charge on any atom is 0.416 e. The summed E-state index contributed by atoms with van der Waals surface area (Å²) in [5.74, 6) is 0.0461. The maximum atomic E-state index is 12.3. The Balaban J connectivity index is 0. The predicted octanol–water partition coefficient (Wildman–Crippen LogP) is 5.29. The summed E-state index contributed by atoms with van der Waals surface area (Å²) in [5.41, 5.74) is -0.0310. The largest absolute Gasteiger partial charge is 0.416 e. The number of hydrogen-bond acceptors (Lipinski definition) is 0. The lowest BCUT2D eigenvalue weighted by atomic mass is 10.0. The summed E-state index contributed by atoms with van der Waals surface area (Å²) in [6.45, 7) is 12.5. The van der Waals surface area contributed by atoms with Crippen LogP contribution in [0.15, 0.2) is 36.0 Å². The topological polar surface area (TPSA) is 0 Å². The van der Waals surface area contributed by atoms with Crippen LogP contribution in [-0.2, 0) is 0 Å². The SMILES string of the molecule is C=C/C(=C\C(=C/C)C(F)(F)F)C(C)C.CC. The molecule has 94 valence electrons. The lowest BCUT2D eigenvalue weighted by molar-refractivity contribution is -0.0883. The highest BCUT2D eigenvalue weighted by molar-refractivity contribution is 5.32. The van der Waals surface area contributed by atoms with Crippen LogP contribution < -0.4 is 0 Å².